The fraction of sp³-hybridized carbons (Fsp3) is 0.487. The van der Waals surface area contributed by atoms with Crippen LogP contribution in [-0.4, -0.2) is 44.2 Å². The molecule has 3 atom stereocenters. The van der Waals surface area contributed by atoms with E-state index >= 15 is 0 Å². The molecule has 0 aromatic heterocycles. The lowest BCUT2D eigenvalue weighted by atomic mass is 9.62. The standard InChI is InChI=1S/C39H54O5/c1-27(17-13-19-29(3)21-35-36(6,7)23-33(41)25-38(35,10)43)15-11-12-16-28(2)18-14-20-30(4)34(42)26-39(44)31(5)22-32(40)24-37(39,8)9/h11-22,33,41,43-44H,23-26H2,1-10H3/b12-11+,17-13+,18-14+,27-15+,28-16+,29-19+,30-20+,35-21-/t33?,38-,39?/m0/s1. The van der Waals surface area contributed by atoms with Gasteiger partial charge in [0.25, 0.3) is 0 Å². The summed E-state index contributed by atoms with van der Waals surface area (Å²) in [6.07, 6.45) is 23.7. The van der Waals surface area contributed by atoms with Crippen molar-refractivity contribution in [3.05, 3.63) is 106 Å². The lowest BCUT2D eigenvalue weighted by molar-refractivity contribution is -0.132. The Balaban J connectivity index is 1.98. The van der Waals surface area contributed by atoms with E-state index in [0.717, 1.165) is 22.3 Å². The maximum atomic E-state index is 12.9. The molecule has 0 aromatic carbocycles. The Morgan fingerprint density at radius 1 is 0.841 bits per heavy atom. The number of carbonyl (C=O) groups excluding carboxylic acids is 2. The Labute approximate surface area is 265 Å². The maximum absolute atomic E-state index is 12.9. The van der Waals surface area contributed by atoms with Crippen LogP contribution in [0.3, 0.4) is 0 Å². The Bertz CT molecular complexity index is 1360. The number of hydrogen-bond donors (Lipinski definition) is 3. The highest BCUT2D eigenvalue weighted by atomic mass is 16.3. The molecule has 2 aliphatic carbocycles. The lowest BCUT2D eigenvalue weighted by Crippen LogP contribution is -2.50. The van der Waals surface area contributed by atoms with E-state index in [1.54, 1.807) is 26.8 Å². The quantitative estimate of drug-likeness (QED) is 0.174. The third-order valence-corrected chi connectivity index (χ3v) is 8.94. The summed E-state index contributed by atoms with van der Waals surface area (Å²) in [6.45, 7) is 19.1. The molecular formula is C39H54O5. The first-order valence-corrected chi connectivity index (χ1v) is 15.5. The monoisotopic (exact) mass is 602 g/mol. The highest BCUT2D eigenvalue weighted by molar-refractivity contribution is 5.97. The molecule has 0 bridgehead atoms. The molecule has 0 spiro atoms. The molecule has 1 fully saturated rings. The number of ketones is 2. The van der Waals surface area contributed by atoms with E-state index in [2.05, 4.69) is 13.8 Å². The van der Waals surface area contributed by atoms with Gasteiger partial charge in [-0.1, -0.05) is 111 Å². The summed E-state index contributed by atoms with van der Waals surface area (Å²) in [4.78, 5) is 24.9. The molecule has 2 rings (SSSR count). The van der Waals surface area contributed by atoms with Crippen LogP contribution in [-0.2, 0) is 9.59 Å². The summed E-state index contributed by atoms with van der Waals surface area (Å²) in [5.74, 6) is -0.165. The minimum atomic E-state index is -1.34. The van der Waals surface area contributed by atoms with Crippen LogP contribution in [0.4, 0.5) is 0 Å². The molecule has 44 heavy (non-hydrogen) atoms. The Morgan fingerprint density at radius 2 is 1.36 bits per heavy atom. The van der Waals surface area contributed by atoms with Gasteiger partial charge in [-0.15, -0.1) is 0 Å². The van der Waals surface area contributed by atoms with Crippen molar-refractivity contribution in [2.45, 2.75) is 112 Å². The molecule has 0 aliphatic heterocycles. The van der Waals surface area contributed by atoms with Crippen molar-refractivity contribution in [3.63, 3.8) is 0 Å². The largest absolute Gasteiger partial charge is 0.393 e. The molecule has 0 heterocycles. The molecule has 0 radical (unpaired) electrons. The van der Waals surface area contributed by atoms with Gasteiger partial charge in [0.05, 0.1) is 17.3 Å². The van der Waals surface area contributed by atoms with Crippen LogP contribution in [0.15, 0.2) is 106 Å². The Kier molecular flexibility index (Phi) is 12.4. The molecule has 5 nitrogen and oxygen atoms in total. The van der Waals surface area contributed by atoms with E-state index in [4.69, 9.17) is 0 Å². The second kappa shape index (κ2) is 14.8. The van der Waals surface area contributed by atoms with Gasteiger partial charge in [0.2, 0.25) is 0 Å². The van der Waals surface area contributed by atoms with Crippen molar-refractivity contribution in [3.8, 4) is 0 Å². The van der Waals surface area contributed by atoms with E-state index in [-0.39, 0.29) is 29.8 Å². The third-order valence-electron chi connectivity index (χ3n) is 8.94. The van der Waals surface area contributed by atoms with Crippen molar-refractivity contribution >= 4 is 11.6 Å². The molecule has 5 heteroatoms. The number of hydrogen-bond acceptors (Lipinski definition) is 5. The van der Waals surface area contributed by atoms with E-state index < -0.39 is 22.7 Å². The molecule has 0 amide bonds. The van der Waals surface area contributed by atoms with E-state index in [9.17, 15) is 24.9 Å². The first-order chi connectivity index (χ1) is 20.2. The summed E-state index contributed by atoms with van der Waals surface area (Å²) in [5.41, 5.74) is 1.84. The second-order valence-electron chi connectivity index (χ2n) is 14.3. The predicted octanol–water partition coefficient (Wildman–Crippen LogP) is 7.93. The van der Waals surface area contributed by atoms with Gasteiger partial charge in [-0.25, -0.2) is 0 Å². The number of aliphatic hydroxyl groups is 3. The van der Waals surface area contributed by atoms with Crippen molar-refractivity contribution < 1.29 is 24.9 Å². The Morgan fingerprint density at radius 3 is 1.89 bits per heavy atom. The van der Waals surface area contributed by atoms with Crippen molar-refractivity contribution in [1.82, 2.24) is 0 Å². The van der Waals surface area contributed by atoms with Gasteiger partial charge in [0, 0.05) is 24.7 Å². The van der Waals surface area contributed by atoms with Gasteiger partial charge < -0.3 is 15.3 Å². The SMILES string of the molecule is CC1=CC(=O)CC(C)(C)C1(O)CC(=O)/C(C)=C/C=C/C(C)=C/C=C/C=C(C)/C=C/C=C(C)/C=C1/C(C)(C)CC(O)C[C@]1(C)O. The topological polar surface area (TPSA) is 94.8 Å². The van der Waals surface area contributed by atoms with Crippen LogP contribution in [0.25, 0.3) is 0 Å². The first kappa shape index (κ1) is 37.1. The first-order valence-electron chi connectivity index (χ1n) is 15.5. The highest BCUT2D eigenvalue weighted by Gasteiger charge is 2.49. The highest BCUT2D eigenvalue weighted by Crippen LogP contribution is 2.47. The number of rotatable bonds is 10. The average Bonchev–Trinajstić information content (AvgIpc) is 2.86. The van der Waals surface area contributed by atoms with Crippen LogP contribution in [0.5, 0.6) is 0 Å². The fourth-order valence-corrected chi connectivity index (χ4v) is 6.29. The molecule has 1 saturated carbocycles. The zero-order valence-electron chi connectivity index (χ0n) is 28.5. The molecule has 0 aromatic rings. The molecule has 2 aliphatic rings. The van der Waals surface area contributed by atoms with Crippen molar-refractivity contribution in [2.75, 3.05) is 0 Å². The zero-order valence-corrected chi connectivity index (χ0v) is 28.5. The molecule has 0 saturated heterocycles. The van der Waals surface area contributed by atoms with Crippen LogP contribution >= 0.6 is 0 Å². The maximum Gasteiger partial charge on any atom is 0.161 e. The van der Waals surface area contributed by atoms with Crippen molar-refractivity contribution in [1.29, 1.82) is 0 Å². The second-order valence-corrected chi connectivity index (χ2v) is 14.3. The normalized spacial score (nSPS) is 29.8. The number of Topliss-reactive ketones (excluding diaryl/α,β-unsaturated/α-hetero) is 1. The average molecular weight is 603 g/mol. The van der Waals surface area contributed by atoms with Crippen molar-refractivity contribution in [2.24, 2.45) is 10.8 Å². The Hall–Kier alpha value is -3.12. The summed E-state index contributed by atoms with van der Waals surface area (Å²) in [7, 11) is 0. The van der Waals surface area contributed by atoms with Crippen LogP contribution in [0.2, 0.25) is 0 Å². The van der Waals surface area contributed by atoms with E-state index in [1.165, 1.54) is 6.08 Å². The molecule has 3 N–H and O–H groups in total. The lowest BCUT2D eigenvalue weighted by Gasteiger charge is -2.45. The van der Waals surface area contributed by atoms with Crippen LogP contribution in [0, 0.1) is 10.8 Å². The summed E-state index contributed by atoms with van der Waals surface area (Å²) in [6, 6.07) is 0. The minimum absolute atomic E-state index is 0.0204. The van der Waals surface area contributed by atoms with Gasteiger partial charge in [0.15, 0.2) is 11.6 Å². The van der Waals surface area contributed by atoms with Gasteiger partial charge in [-0.3, -0.25) is 9.59 Å². The third kappa shape index (κ3) is 9.95. The number of aliphatic hydroxyl groups excluding tert-OH is 1. The number of allylic oxidation sites excluding steroid dienone is 16. The molecular weight excluding hydrogens is 548 g/mol. The smallest absolute Gasteiger partial charge is 0.161 e. The fourth-order valence-electron chi connectivity index (χ4n) is 6.29. The minimum Gasteiger partial charge on any atom is -0.393 e. The van der Waals surface area contributed by atoms with Crippen LogP contribution in [0.1, 0.15) is 94.9 Å². The van der Waals surface area contributed by atoms with E-state index in [0.29, 0.717) is 24.0 Å². The summed E-state index contributed by atoms with van der Waals surface area (Å²) < 4.78 is 0. The summed E-state index contributed by atoms with van der Waals surface area (Å²) >= 11 is 0. The zero-order chi connectivity index (χ0) is 33.5. The molecule has 2 unspecified atom stereocenters. The molecule has 240 valence electrons. The predicted molar refractivity (Wildman–Crippen MR) is 182 cm³/mol. The summed E-state index contributed by atoms with van der Waals surface area (Å²) in [5, 5.41) is 32.4. The van der Waals surface area contributed by atoms with Crippen LogP contribution < -0.4 is 0 Å². The van der Waals surface area contributed by atoms with E-state index in [1.807, 2.05) is 95.4 Å². The number of carbonyl (C=O) groups is 2. The van der Waals surface area contributed by atoms with Gasteiger partial charge in [0.1, 0.15) is 0 Å². The van der Waals surface area contributed by atoms with Gasteiger partial charge in [-0.2, -0.15) is 0 Å². The van der Waals surface area contributed by atoms with Gasteiger partial charge >= 0.3 is 0 Å². The van der Waals surface area contributed by atoms with Gasteiger partial charge in [-0.05, 0) is 76.2 Å².